The van der Waals surface area contributed by atoms with E-state index >= 15 is 0 Å². The first-order valence-corrected chi connectivity index (χ1v) is 9.47. The smallest absolute Gasteiger partial charge is 0.350 e. The van der Waals surface area contributed by atoms with Crippen LogP contribution in [-0.4, -0.2) is 18.5 Å². The van der Waals surface area contributed by atoms with Crippen LogP contribution in [0.15, 0.2) is 36.4 Å². The van der Waals surface area contributed by atoms with Gasteiger partial charge in [-0.1, -0.05) is 52.5 Å². The van der Waals surface area contributed by atoms with E-state index in [4.69, 9.17) is 51.1 Å². The van der Waals surface area contributed by atoms with E-state index < -0.39 is 18.5 Å². The van der Waals surface area contributed by atoms with Gasteiger partial charge >= 0.3 is 5.97 Å². The first kappa shape index (κ1) is 19.3. The fourth-order valence-electron chi connectivity index (χ4n) is 2.20. The van der Waals surface area contributed by atoms with Crippen LogP contribution in [0.25, 0.3) is 10.1 Å². The average Bonchev–Trinajstić information content (AvgIpc) is 2.89. The lowest BCUT2D eigenvalue weighted by Crippen LogP contribution is -2.20. The third-order valence-electron chi connectivity index (χ3n) is 3.28. The van der Waals surface area contributed by atoms with E-state index in [9.17, 15) is 9.59 Å². The maximum Gasteiger partial charge on any atom is 0.350 e. The molecule has 0 aliphatic heterocycles. The SMILES string of the molecule is O=C(COC(=O)c1sc2cc(Cl)cc(Cl)c2c1Cl)Nc1cccc(Cl)c1. The van der Waals surface area contributed by atoms with E-state index in [1.807, 2.05) is 0 Å². The van der Waals surface area contributed by atoms with Crippen LogP contribution in [0.3, 0.4) is 0 Å². The molecule has 3 rings (SSSR count). The number of anilines is 1. The van der Waals surface area contributed by atoms with Crippen molar-refractivity contribution in [1.29, 1.82) is 0 Å². The van der Waals surface area contributed by atoms with Gasteiger partial charge in [0.1, 0.15) is 4.88 Å². The van der Waals surface area contributed by atoms with Crippen molar-refractivity contribution < 1.29 is 14.3 Å². The first-order chi connectivity index (χ1) is 12.3. The molecule has 0 bridgehead atoms. The molecule has 4 nitrogen and oxygen atoms in total. The predicted molar refractivity (Wildman–Crippen MR) is 107 cm³/mol. The lowest BCUT2D eigenvalue weighted by molar-refractivity contribution is -0.119. The van der Waals surface area contributed by atoms with Crippen LogP contribution in [-0.2, 0) is 9.53 Å². The van der Waals surface area contributed by atoms with Gasteiger partial charge in [0.2, 0.25) is 0 Å². The van der Waals surface area contributed by atoms with Crippen molar-refractivity contribution in [1.82, 2.24) is 0 Å². The third kappa shape index (κ3) is 4.24. The summed E-state index contributed by atoms with van der Waals surface area (Å²) in [5, 5.41) is 4.53. The molecule has 1 heterocycles. The fourth-order valence-corrected chi connectivity index (χ4v) is 4.66. The summed E-state index contributed by atoms with van der Waals surface area (Å²) in [5.74, 6) is -1.22. The lowest BCUT2D eigenvalue weighted by Gasteiger charge is -2.06. The number of fused-ring (bicyclic) bond motifs is 1. The minimum Gasteiger partial charge on any atom is -0.451 e. The Labute approximate surface area is 172 Å². The molecule has 0 aliphatic rings. The van der Waals surface area contributed by atoms with Crippen molar-refractivity contribution in [2.45, 2.75) is 0 Å². The Morgan fingerprint density at radius 3 is 2.54 bits per heavy atom. The van der Waals surface area contributed by atoms with Crippen LogP contribution in [0.5, 0.6) is 0 Å². The maximum atomic E-state index is 12.3. The highest BCUT2D eigenvalue weighted by atomic mass is 35.5. The highest BCUT2D eigenvalue weighted by Gasteiger charge is 2.21. The quantitative estimate of drug-likeness (QED) is 0.475. The molecule has 134 valence electrons. The summed E-state index contributed by atoms with van der Waals surface area (Å²) in [6.07, 6.45) is 0. The minimum absolute atomic E-state index is 0.154. The number of ether oxygens (including phenoxy) is 1. The van der Waals surface area contributed by atoms with Crippen LogP contribution < -0.4 is 5.32 Å². The summed E-state index contributed by atoms with van der Waals surface area (Å²) in [7, 11) is 0. The summed E-state index contributed by atoms with van der Waals surface area (Å²) in [6, 6.07) is 9.81. The Morgan fingerprint density at radius 1 is 1.04 bits per heavy atom. The zero-order valence-electron chi connectivity index (χ0n) is 12.8. The number of halogens is 4. The van der Waals surface area contributed by atoms with Gasteiger partial charge in [-0.3, -0.25) is 4.79 Å². The molecule has 0 fully saturated rings. The number of hydrogen-bond donors (Lipinski definition) is 1. The van der Waals surface area contributed by atoms with Crippen LogP contribution in [0.1, 0.15) is 9.67 Å². The number of esters is 1. The second kappa shape index (κ2) is 8.03. The van der Waals surface area contributed by atoms with Crippen molar-refractivity contribution in [3.05, 3.63) is 61.4 Å². The number of rotatable bonds is 4. The maximum absolute atomic E-state index is 12.3. The molecule has 0 spiro atoms. The summed E-state index contributed by atoms with van der Waals surface area (Å²) >= 11 is 25.3. The molecule has 0 unspecified atom stereocenters. The van der Waals surface area contributed by atoms with Gasteiger partial charge in [-0.2, -0.15) is 0 Å². The van der Waals surface area contributed by atoms with E-state index in [-0.39, 0.29) is 9.90 Å². The summed E-state index contributed by atoms with van der Waals surface area (Å²) < 4.78 is 5.69. The lowest BCUT2D eigenvalue weighted by atomic mass is 10.2. The molecule has 26 heavy (non-hydrogen) atoms. The standard InChI is InChI=1S/C17H9Cl4NO3S/c18-8-2-1-3-10(4-8)22-13(23)7-25-17(24)16-15(21)14-11(20)5-9(19)6-12(14)26-16/h1-6H,7H2,(H,22,23). The molecule has 9 heteroatoms. The average molecular weight is 449 g/mol. The predicted octanol–water partition coefficient (Wildman–Crippen LogP) is 6.31. The van der Waals surface area contributed by atoms with Gasteiger partial charge in [0.25, 0.3) is 5.91 Å². The molecular formula is C17H9Cl4NO3S. The zero-order chi connectivity index (χ0) is 18.8. The summed E-state index contributed by atoms with van der Waals surface area (Å²) in [6.45, 7) is -0.468. The monoisotopic (exact) mass is 447 g/mol. The molecule has 0 radical (unpaired) electrons. The molecule has 1 N–H and O–H groups in total. The molecular weight excluding hydrogens is 440 g/mol. The van der Waals surface area contributed by atoms with Crippen LogP contribution >= 0.6 is 57.7 Å². The fraction of sp³-hybridized carbons (Fsp3) is 0.0588. The van der Waals surface area contributed by atoms with Crippen molar-refractivity contribution >= 4 is 85.4 Å². The first-order valence-electron chi connectivity index (χ1n) is 7.14. The number of nitrogens with one attached hydrogen (secondary N) is 1. The van der Waals surface area contributed by atoms with Crippen molar-refractivity contribution in [2.75, 3.05) is 11.9 Å². The Kier molecular flexibility index (Phi) is 5.95. The van der Waals surface area contributed by atoms with Crippen molar-refractivity contribution in [3.63, 3.8) is 0 Å². The number of amides is 1. The van der Waals surface area contributed by atoms with E-state index in [2.05, 4.69) is 5.32 Å². The largest absolute Gasteiger partial charge is 0.451 e. The minimum atomic E-state index is -0.718. The molecule has 2 aromatic carbocycles. The van der Waals surface area contributed by atoms with Gasteiger partial charge in [0.15, 0.2) is 6.61 Å². The zero-order valence-corrected chi connectivity index (χ0v) is 16.7. The molecule has 1 amide bonds. The van der Waals surface area contributed by atoms with E-state index in [1.54, 1.807) is 30.3 Å². The molecule has 0 saturated heterocycles. The Balaban J connectivity index is 1.70. The van der Waals surface area contributed by atoms with Gasteiger partial charge in [0, 0.05) is 25.8 Å². The van der Waals surface area contributed by atoms with Crippen molar-refractivity contribution in [2.24, 2.45) is 0 Å². The number of hydrogen-bond acceptors (Lipinski definition) is 4. The van der Waals surface area contributed by atoms with Crippen LogP contribution in [0, 0.1) is 0 Å². The van der Waals surface area contributed by atoms with Gasteiger partial charge in [-0.25, -0.2) is 4.79 Å². The van der Waals surface area contributed by atoms with E-state index in [1.165, 1.54) is 6.07 Å². The topological polar surface area (TPSA) is 55.4 Å². The molecule has 0 atom stereocenters. The van der Waals surface area contributed by atoms with Crippen molar-refractivity contribution in [3.8, 4) is 0 Å². The van der Waals surface area contributed by atoms with Gasteiger partial charge in [-0.05, 0) is 30.3 Å². The number of benzene rings is 2. The number of carbonyl (C=O) groups excluding carboxylic acids is 2. The molecule has 0 saturated carbocycles. The molecule has 0 aliphatic carbocycles. The third-order valence-corrected chi connectivity index (χ3v) is 5.64. The number of carbonyl (C=O) groups is 2. The van der Waals surface area contributed by atoms with Gasteiger partial charge in [0.05, 0.1) is 10.0 Å². The van der Waals surface area contributed by atoms with Crippen LogP contribution in [0.4, 0.5) is 5.69 Å². The molecule has 1 aromatic heterocycles. The summed E-state index contributed by atoms with van der Waals surface area (Å²) in [4.78, 5) is 24.3. The highest BCUT2D eigenvalue weighted by molar-refractivity contribution is 7.21. The highest BCUT2D eigenvalue weighted by Crippen LogP contribution is 2.41. The van der Waals surface area contributed by atoms with E-state index in [0.29, 0.717) is 30.8 Å². The molecule has 3 aromatic rings. The number of thiophene rings is 1. The van der Waals surface area contributed by atoms with E-state index in [0.717, 1.165) is 11.3 Å². The van der Waals surface area contributed by atoms with Gasteiger partial charge in [-0.15, -0.1) is 11.3 Å². The van der Waals surface area contributed by atoms with Crippen LogP contribution in [0.2, 0.25) is 20.1 Å². The second-order valence-corrected chi connectivity index (χ2v) is 7.85. The van der Waals surface area contributed by atoms with Gasteiger partial charge < -0.3 is 10.1 Å². The summed E-state index contributed by atoms with van der Waals surface area (Å²) in [5.41, 5.74) is 0.500. The Morgan fingerprint density at radius 2 is 1.81 bits per heavy atom. The second-order valence-electron chi connectivity index (χ2n) is 5.14. The normalized spacial score (nSPS) is 10.8. The Hall–Kier alpha value is -1.50. The Bertz CT molecular complexity index is 1020.